The fraction of sp³-hybridized carbons (Fsp3) is 0.267. The van der Waals surface area contributed by atoms with E-state index >= 15 is 4.39 Å². The summed E-state index contributed by atoms with van der Waals surface area (Å²) in [5.74, 6) is -5.53. The Bertz CT molecular complexity index is 1350. The molecule has 0 aliphatic heterocycles. The lowest BCUT2D eigenvalue weighted by Crippen LogP contribution is -1.98. The highest BCUT2D eigenvalue weighted by Gasteiger charge is 2.20. The third-order valence-electron chi connectivity index (χ3n) is 6.43. The maximum absolute atomic E-state index is 15.4. The van der Waals surface area contributed by atoms with Gasteiger partial charge in [0.2, 0.25) is 0 Å². The molecule has 4 aromatic carbocycles. The highest BCUT2D eigenvalue weighted by atomic mass is 19.1. The van der Waals surface area contributed by atoms with Crippen LogP contribution in [0.5, 0.6) is 5.75 Å². The summed E-state index contributed by atoms with van der Waals surface area (Å²) in [5, 5.41) is 1.07. The molecule has 0 radical (unpaired) electrons. The van der Waals surface area contributed by atoms with Crippen LogP contribution in [-0.4, -0.2) is 7.11 Å². The zero-order valence-corrected chi connectivity index (χ0v) is 20.2. The minimum atomic E-state index is -1.09. The monoisotopic (exact) mass is 498 g/mol. The number of hydrogen-bond donors (Lipinski definition) is 0. The summed E-state index contributed by atoms with van der Waals surface area (Å²) < 4.78 is 78.2. The van der Waals surface area contributed by atoms with E-state index in [9.17, 15) is 17.6 Å². The summed E-state index contributed by atoms with van der Waals surface area (Å²) in [6.45, 7) is 2.17. The molecule has 0 N–H and O–H groups in total. The third-order valence-corrected chi connectivity index (χ3v) is 6.43. The van der Waals surface area contributed by atoms with E-state index in [0.29, 0.717) is 10.8 Å². The average Bonchev–Trinajstić information content (AvgIpc) is 2.83. The third kappa shape index (κ3) is 5.23. The summed E-state index contributed by atoms with van der Waals surface area (Å²) in [5.41, 5.74) is 0.206. The van der Waals surface area contributed by atoms with Gasteiger partial charge in [-0.2, -0.15) is 0 Å². The topological polar surface area (TPSA) is 9.23 Å². The van der Waals surface area contributed by atoms with Gasteiger partial charge in [0, 0.05) is 10.9 Å². The van der Waals surface area contributed by atoms with E-state index < -0.39 is 40.4 Å². The number of benzene rings is 4. The quantitative estimate of drug-likeness (QED) is 0.165. The molecule has 0 unspecified atom stereocenters. The zero-order chi connectivity index (χ0) is 25.8. The summed E-state index contributed by atoms with van der Waals surface area (Å²) >= 11 is 0. The second-order valence-corrected chi connectivity index (χ2v) is 8.93. The van der Waals surface area contributed by atoms with Crippen LogP contribution >= 0.6 is 0 Å². The van der Waals surface area contributed by atoms with Crippen molar-refractivity contribution in [2.75, 3.05) is 7.11 Å². The second-order valence-electron chi connectivity index (χ2n) is 8.93. The first-order valence-corrected chi connectivity index (χ1v) is 12.1. The molecule has 1 nitrogen and oxygen atoms in total. The van der Waals surface area contributed by atoms with Gasteiger partial charge >= 0.3 is 0 Å². The van der Waals surface area contributed by atoms with Gasteiger partial charge in [0.05, 0.1) is 12.7 Å². The SMILES string of the molecule is CCCCCCCc1ccc2c(F)c(-c3cc(F)c(-c4cc(F)c(OC)c(F)c4)c(F)c3)ccc2c1. The molecule has 0 saturated heterocycles. The molecule has 188 valence electrons. The van der Waals surface area contributed by atoms with Crippen LogP contribution in [0.25, 0.3) is 33.0 Å². The lowest BCUT2D eigenvalue weighted by atomic mass is 9.95. The van der Waals surface area contributed by atoms with Crippen molar-refractivity contribution >= 4 is 10.8 Å². The van der Waals surface area contributed by atoms with Crippen LogP contribution in [0, 0.1) is 29.1 Å². The van der Waals surface area contributed by atoms with Crippen LogP contribution in [0.4, 0.5) is 22.0 Å². The molecule has 0 fully saturated rings. The molecule has 0 bridgehead atoms. The summed E-state index contributed by atoms with van der Waals surface area (Å²) in [4.78, 5) is 0. The largest absolute Gasteiger partial charge is 0.491 e. The number of rotatable bonds is 9. The van der Waals surface area contributed by atoms with E-state index in [4.69, 9.17) is 0 Å². The van der Waals surface area contributed by atoms with Crippen LogP contribution < -0.4 is 4.74 Å². The van der Waals surface area contributed by atoms with Crippen LogP contribution in [0.2, 0.25) is 0 Å². The van der Waals surface area contributed by atoms with E-state index in [1.165, 1.54) is 25.3 Å². The van der Waals surface area contributed by atoms with Crippen molar-refractivity contribution in [2.24, 2.45) is 0 Å². The van der Waals surface area contributed by atoms with Crippen molar-refractivity contribution in [3.05, 3.63) is 89.2 Å². The number of unbranched alkanes of at least 4 members (excludes halogenated alkanes) is 4. The Kier molecular flexibility index (Phi) is 7.92. The number of hydrogen-bond acceptors (Lipinski definition) is 1. The predicted octanol–water partition coefficient (Wildman–Crippen LogP) is 9.39. The maximum atomic E-state index is 15.4. The van der Waals surface area contributed by atoms with Crippen molar-refractivity contribution in [3.63, 3.8) is 0 Å². The van der Waals surface area contributed by atoms with Crippen molar-refractivity contribution < 1.29 is 26.7 Å². The predicted molar refractivity (Wildman–Crippen MR) is 134 cm³/mol. The lowest BCUT2D eigenvalue weighted by molar-refractivity contribution is 0.360. The lowest BCUT2D eigenvalue weighted by Gasteiger charge is -2.12. The summed E-state index contributed by atoms with van der Waals surface area (Å²) in [7, 11) is 1.09. The Balaban J connectivity index is 1.65. The Morgan fingerprint density at radius 2 is 1.31 bits per heavy atom. The Labute approximate surface area is 207 Å². The Hall–Kier alpha value is -3.41. The van der Waals surface area contributed by atoms with Gasteiger partial charge in [-0.05, 0) is 59.2 Å². The zero-order valence-electron chi connectivity index (χ0n) is 20.2. The fourth-order valence-corrected chi connectivity index (χ4v) is 4.56. The molecule has 0 heterocycles. The normalized spacial score (nSPS) is 11.3. The van der Waals surface area contributed by atoms with E-state index in [2.05, 4.69) is 11.7 Å². The van der Waals surface area contributed by atoms with Gasteiger partial charge in [0.1, 0.15) is 17.5 Å². The van der Waals surface area contributed by atoms with Gasteiger partial charge in [0.15, 0.2) is 17.4 Å². The van der Waals surface area contributed by atoms with Crippen LogP contribution in [0.15, 0.2) is 54.6 Å². The molecule has 0 spiro atoms. The first-order chi connectivity index (χ1) is 17.3. The molecule has 4 rings (SSSR count). The Morgan fingerprint density at radius 3 is 1.94 bits per heavy atom. The van der Waals surface area contributed by atoms with Gasteiger partial charge in [-0.1, -0.05) is 62.9 Å². The standard InChI is InChI=1S/C30H27F5O/c1-3-4-5-6-7-8-18-9-11-22-19(13-18)10-12-23(29(22)35)20-14-24(31)28(25(32)15-20)21-16-26(33)30(36-2)27(34)17-21/h9-17H,3-8H2,1-2H3. The minimum absolute atomic E-state index is 0.0115. The molecular formula is C30H27F5O. The molecule has 6 heteroatoms. The van der Waals surface area contributed by atoms with Gasteiger partial charge in [0.25, 0.3) is 0 Å². The summed E-state index contributed by atoms with van der Waals surface area (Å²) in [6.07, 6.45) is 6.75. The summed E-state index contributed by atoms with van der Waals surface area (Å²) in [6, 6.07) is 12.3. The first kappa shape index (κ1) is 25.7. The van der Waals surface area contributed by atoms with Gasteiger partial charge < -0.3 is 4.74 Å². The van der Waals surface area contributed by atoms with E-state index in [0.717, 1.165) is 56.2 Å². The molecule has 0 aliphatic carbocycles. The number of methoxy groups -OCH3 is 1. The van der Waals surface area contributed by atoms with Crippen LogP contribution in [0.1, 0.15) is 44.6 Å². The molecule has 0 saturated carbocycles. The number of aryl methyl sites for hydroxylation is 1. The van der Waals surface area contributed by atoms with Gasteiger partial charge in [-0.25, -0.2) is 22.0 Å². The molecule has 36 heavy (non-hydrogen) atoms. The van der Waals surface area contributed by atoms with Crippen molar-refractivity contribution in [1.29, 1.82) is 0 Å². The average molecular weight is 499 g/mol. The molecule has 0 aliphatic rings. The molecular weight excluding hydrogens is 471 g/mol. The highest BCUT2D eigenvalue weighted by molar-refractivity contribution is 5.89. The second kappa shape index (κ2) is 11.1. The van der Waals surface area contributed by atoms with Crippen molar-refractivity contribution in [2.45, 2.75) is 45.4 Å². The Morgan fingerprint density at radius 1 is 0.667 bits per heavy atom. The van der Waals surface area contributed by atoms with E-state index in [1.807, 2.05) is 12.1 Å². The number of fused-ring (bicyclic) bond motifs is 1. The van der Waals surface area contributed by atoms with Gasteiger partial charge in [-0.3, -0.25) is 0 Å². The first-order valence-electron chi connectivity index (χ1n) is 12.1. The highest BCUT2D eigenvalue weighted by Crippen LogP contribution is 2.36. The van der Waals surface area contributed by atoms with Crippen LogP contribution in [0.3, 0.4) is 0 Å². The van der Waals surface area contributed by atoms with Crippen molar-refractivity contribution in [3.8, 4) is 28.0 Å². The van der Waals surface area contributed by atoms with Crippen molar-refractivity contribution in [1.82, 2.24) is 0 Å². The van der Waals surface area contributed by atoms with Crippen LogP contribution in [-0.2, 0) is 6.42 Å². The van der Waals surface area contributed by atoms with Gasteiger partial charge in [-0.15, -0.1) is 0 Å². The molecule has 0 aromatic heterocycles. The molecule has 0 amide bonds. The van der Waals surface area contributed by atoms with E-state index in [1.54, 1.807) is 12.1 Å². The van der Waals surface area contributed by atoms with E-state index in [-0.39, 0.29) is 16.7 Å². The minimum Gasteiger partial charge on any atom is -0.491 e. The smallest absolute Gasteiger partial charge is 0.190 e. The number of ether oxygens (including phenoxy) is 1. The maximum Gasteiger partial charge on any atom is 0.190 e. The fourth-order valence-electron chi connectivity index (χ4n) is 4.56. The molecule has 4 aromatic rings. The molecule has 0 atom stereocenters. The number of halogens is 5.